The Morgan fingerprint density at radius 1 is 1.19 bits per heavy atom. The Morgan fingerprint density at radius 2 is 2.03 bits per heavy atom. The zero-order valence-electron chi connectivity index (χ0n) is 17.5. The molecule has 166 valence electrons. The number of benzene rings is 2. The molecular weight excluding hydrogens is 435 g/mol. The molecule has 3 aromatic rings. The summed E-state index contributed by atoms with van der Waals surface area (Å²) in [7, 11) is 0. The van der Waals surface area contributed by atoms with Crippen LogP contribution in [-0.4, -0.2) is 22.8 Å². The Kier molecular flexibility index (Phi) is 6.46. The van der Waals surface area contributed by atoms with Crippen molar-refractivity contribution in [3.8, 4) is 11.5 Å². The minimum absolute atomic E-state index is 0.0772. The second-order valence-corrected chi connectivity index (χ2v) is 8.10. The molecule has 0 fully saturated rings. The van der Waals surface area contributed by atoms with Crippen LogP contribution in [0.2, 0.25) is 5.02 Å². The number of fused-ring (bicyclic) bond motifs is 1. The van der Waals surface area contributed by atoms with Crippen LogP contribution < -0.4 is 14.4 Å². The van der Waals surface area contributed by atoms with Crippen molar-refractivity contribution in [2.45, 2.75) is 32.9 Å². The molecule has 6 nitrogen and oxygen atoms in total. The zero-order valence-corrected chi connectivity index (χ0v) is 18.2. The molecule has 0 amide bonds. The van der Waals surface area contributed by atoms with Gasteiger partial charge in [-0.15, -0.1) is 0 Å². The van der Waals surface area contributed by atoms with E-state index in [0.717, 1.165) is 35.3 Å². The van der Waals surface area contributed by atoms with Crippen molar-refractivity contribution in [2.75, 3.05) is 11.4 Å². The predicted molar refractivity (Wildman–Crippen MR) is 119 cm³/mol. The highest BCUT2D eigenvalue weighted by Gasteiger charge is 2.23. The number of ether oxygens (including phenoxy) is 2. The summed E-state index contributed by atoms with van der Waals surface area (Å²) in [4.78, 5) is 17.3. The average Bonchev–Trinajstić information content (AvgIpc) is 2.74. The van der Waals surface area contributed by atoms with Crippen molar-refractivity contribution in [3.63, 3.8) is 0 Å². The van der Waals surface area contributed by atoms with E-state index in [2.05, 4.69) is 9.88 Å². The van der Waals surface area contributed by atoms with E-state index in [9.17, 15) is 9.18 Å². The first-order valence-corrected chi connectivity index (χ1v) is 10.6. The summed E-state index contributed by atoms with van der Waals surface area (Å²) in [6.45, 7) is 3.39. The monoisotopic (exact) mass is 456 g/mol. The van der Waals surface area contributed by atoms with Crippen LogP contribution in [0.3, 0.4) is 0 Å². The van der Waals surface area contributed by atoms with Gasteiger partial charge in [0.1, 0.15) is 18.2 Å². The van der Waals surface area contributed by atoms with Crippen LogP contribution >= 0.6 is 11.6 Å². The minimum atomic E-state index is -1.36. The van der Waals surface area contributed by atoms with E-state index in [0.29, 0.717) is 29.3 Å². The van der Waals surface area contributed by atoms with Gasteiger partial charge < -0.3 is 19.5 Å². The summed E-state index contributed by atoms with van der Waals surface area (Å²) in [5.41, 5.74) is 4.10. The van der Waals surface area contributed by atoms with Crippen molar-refractivity contribution in [1.29, 1.82) is 0 Å². The molecule has 0 atom stereocenters. The number of halogens is 2. The number of pyridine rings is 1. The van der Waals surface area contributed by atoms with Crippen molar-refractivity contribution < 1.29 is 23.8 Å². The van der Waals surface area contributed by atoms with Crippen molar-refractivity contribution in [1.82, 2.24) is 4.98 Å². The lowest BCUT2D eigenvalue weighted by molar-refractivity contribution is 0.144. The summed E-state index contributed by atoms with van der Waals surface area (Å²) in [5.74, 6) is 0.509. The predicted octanol–water partition coefficient (Wildman–Crippen LogP) is 5.77. The van der Waals surface area contributed by atoms with E-state index >= 15 is 0 Å². The molecule has 32 heavy (non-hydrogen) atoms. The van der Waals surface area contributed by atoms with Crippen molar-refractivity contribution in [3.05, 3.63) is 81.9 Å². The van der Waals surface area contributed by atoms with Crippen molar-refractivity contribution in [2.24, 2.45) is 0 Å². The molecule has 1 aliphatic rings. The molecule has 4 rings (SSSR count). The Morgan fingerprint density at radius 3 is 2.81 bits per heavy atom. The molecule has 2 heterocycles. The smallest absolute Gasteiger partial charge is 0.488 e. The Bertz CT molecular complexity index is 1150. The van der Waals surface area contributed by atoms with E-state index < -0.39 is 12.0 Å². The van der Waals surface area contributed by atoms with E-state index in [4.69, 9.17) is 26.2 Å². The fraction of sp³-hybridized carbons (Fsp3) is 0.250. The fourth-order valence-electron chi connectivity index (χ4n) is 3.87. The maximum Gasteiger partial charge on any atom is 0.511 e. The molecule has 0 saturated carbocycles. The average molecular weight is 457 g/mol. The van der Waals surface area contributed by atoms with E-state index in [1.807, 2.05) is 25.1 Å². The number of carboxylic acid groups (broad SMARTS) is 1. The maximum absolute atomic E-state index is 14.2. The largest absolute Gasteiger partial charge is 0.511 e. The summed E-state index contributed by atoms with van der Waals surface area (Å²) >= 11 is 5.83. The molecule has 1 N–H and O–H groups in total. The molecule has 0 radical (unpaired) electrons. The normalized spacial score (nSPS) is 12.9. The van der Waals surface area contributed by atoms with Gasteiger partial charge in [0.2, 0.25) is 0 Å². The van der Waals surface area contributed by atoms with Crippen LogP contribution in [0.25, 0.3) is 0 Å². The van der Waals surface area contributed by atoms with Crippen LogP contribution in [0, 0.1) is 12.7 Å². The number of carbonyl (C=O) groups is 1. The molecule has 0 spiro atoms. The van der Waals surface area contributed by atoms with Crippen LogP contribution in [0.15, 0.2) is 48.8 Å². The molecule has 1 aromatic heterocycles. The first-order valence-electron chi connectivity index (χ1n) is 10.2. The molecule has 0 saturated heterocycles. The third kappa shape index (κ3) is 4.94. The van der Waals surface area contributed by atoms with Crippen LogP contribution in [0.5, 0.6) is 11.5 Å². The Labute approximate surface area is 190 Å². The number of aromatic nitrogens is 1. The maximum atomic E-state index is 14.2. The molecule has 0 unspecified atom stereocenters. The fourth-order valence-corrected chi connectivity index (χ4v) is 4.03. The Balaban J connectivity index is 1.58. The van der Waals surface area contributed by atoms with Gasteiger partial charge in [-0.3, -0.25) is 4.98 Å². The first-order chi connectivity index (χ1) is 15.4. The number of hydrogen-bond donors (Lipinski definition) is 1. The van der Waals surface area contributed by atoms with Crippen molar-refractivity contribution >= 4 is 23.4 Å². The van der Waals surface area contributed by atoms with Gasteiger partial charge in [0, 0.05) is 34.8 Å². The molecule has 2 aromatic carbocycles. The second kappa shape index (κ2) is 9.44. The van der Waals surface area contributed by atoms with Crippen LogP contribution in [0.4, 0.5) is 14.9 Å². The highest BCUT2D eigenvalue weighted by molar-refractivity contribution is 6.30. The second-order valence-electron chi connectivity index (χ2n) is 7.66. The lowest BCUT2D eigenvalue weighted by Gasteiger charge is -2.32. The summed E-state index contributed by atoms with van der Waals surface area (Å²) in [6.07, 6.45) is 3.36. The molecular formula is C24H22ClFN2O4. The SMILES string of the molecule is Cc1ccc(OCc2ccc(Cl)cc2F)c(CN2CCCc3c(OC(=O)O)cncc32)c1. The topological polar surface area (TPSA) is 71.9 Å². The van der Waals surface area contributed by atoms with Gasteiger partial charge in [-0.25, -0.2) is 9.18 Å². The third-order valence-electron chi connectivity index (χ3n) is 5.36. The van der Waals surface area contributed by atoms with E-state index in [1.54, 1.807) is 18.3 Å². The van der Waals surface area contributed by atoms with Crippen LogP contribution in [0.1, 0.15) is 28.7 Å². The number of aryl methyl sites for hydroxylation is 1. The lowest BCUT2D eigenvalue weighted by atomic mass is 10.0. The third-order valence-corrected chi connectivity index (χ3v) is 5.60. The summed E-state index contributed by atoms with van der Waals surface area (Å²) < 4.78 is 25.0. The number of nitrogens with zero attached hydrogens (tertiary/aromatic N) is 2. The van der Waals surface area contributed by atoms with Gasteiger partial charge in [-0.2, -0.15) is 0 Å². The van der Waals surface area contributed by atoms with Gasteiger partial charge in [-0.05, 0) is 38.0 Å². The van der Waals surface area contributed by atoms with E-state index in [-0.39, 0.29) is 12.4 Å². The molecule has 0 aliphatic carbocycles. The lowest BCUT2D eigenvalue weighted by Crippen LogP contribution is -2.29. The quantitative estimate of drug-likeness (QED) is 0.475. The molecule has 0 bridgehead atoms. The van der Waals surface area contributed by atoms with E-state index in [1.165, 1.54) is 12.3 Å². The number of hydrogen-bond acceptors (Lipinski definition) is 5. The van der Waals surface area contributed by atoms with Gasteiger partial charge in [-0.1, -0.05) is 35.4 Å². The van der Waals surface area contributed by atoms with Gasteiger partial charge in [0.05, 0.1) is 18.1 Å². The highest BCUT2D eigenvalue weighted by atomic mass is 35.5. The molecule has 1 aliphatic heterocycles. The summed E-state index contributed by atoms with van der Waals surface area (Å²) in [6, 6.07) is 10.4. The molecule has 8 heteroatoms. The Hall–Kier alpha value is -3.32. The summed E-state index contributed by atoms with van der Waals surface area (Å²) in [5, 5.41) is 9.35. The number of rotatable bonds is 6. The van der Waals surface area contributed by atoms with Gasteiger partial charge in [0.15, 0.2) is 5.75 Å². The zero-order chi connectivity index (χ0) is 22.7. The van der Waals surface area contributed by atoms with Crippen LogP contribution in [-0.2, 0) is 19.6 Å². The first kappa shape index (κ1) is 21.9. The van der Waals surface area contributed by atoms with Gasteiger partial charge >= 0.3 is 6.16 Å². The van der Waals surface area contributed by atoms with Gasteiger partial charge in [0.25, 0.3) is 0 Å². The highest BCUT2D eigenvalue weighted by Crippen LogP contribution is 2.35. The minimum Gasteiger partial charge on any atom is -0.488 e. The standard InChI is InChI=1S/C24H22ClFN2O4/c1-15-4-7-22(31-14-16-5-6-18(25)10-20(16)26)17(9-15)13-28-8-2-3-19-21(28)11-27-12-23(19)32-24(29)30/h4-7,9-12H,2-3,8,13-14H2,1H3,(H,29,30). The number of anilines is 1.